The van der Waals surface area contributed by atoms with E-state index in [1.165, 1.54) is 7.05 Å². The molecule has 0 radical (unpaired) electrons. The second-order valence-corrected chi connectivity index (χ2v) is 4.98. The van der Waals surface area contributed by atoms with Crippen molar-refractivity contribution in [2.45, 2.75) is 13.1 Å². The van der Waals surface area contributed by atoms with Crippen LogP contribution in [0.2, 0.25) is 0 Å². The highest BCUT2D eigenvalue weighted by Crippen LogP contribution is 2.32. The van der Waals surface area contributed by atoms with E-state index in [-0.39, 0.29) is 17.4 Å². The Kier molecular flexibility index (Phi) is 3.35. The first-order valence-corrected chi connectivity index (χ1v) is 6.58. The van der Waals surface area contributed by atoms with Crippen molar-refractivity contribution in [3.63, 3.8) is 0 Å². The van der Waals surface area contributed by atoms with Crippen molar-refractivity contribution in [1.82, 2.24) is 19.9 Å². The number of nitrogen functional groups attached to an aromatic ring is 1. The predicted octanol–water partition coefficient (Wildman–Crippen LogP) is 3.05. The van der Waals surface area contributed by atoms with Crippen LogP contribution in [0.5, 0.6) is 0 Å². The van der Waals surface area contributed by atoms with Crippen molar-refractivity contribution in [3.05, 3.63) is 35.5 Å². The molecule has 3 rings (SSSR count). The quantitative estimate of drug-likeness (QED) is 0.733. The molecule has 0 fully saturated rings. The zero-order chi connectivity index (χ0) is 16.8. The number of aryl methyl sites for hydroxylation is 1. The van der Waals surface area contributed by atoms with Gasteiger partial charge < -0.3 is 10.3 Å². The summed E-state index contributed by atoms with van der Waals surface area (Å²) in [6.45, 7) is 1.80. The first-order valence-electron chi connectivity index (χ1n) is 6.58. The molecule has 3 aromatic rings. The molecule has 1 aromatic carbocycles. The van der Waals surface area contributed by atoms with Crippen LogP contribution in [0.3, 0.4) is 0 Å². The molecule has 0 bridgehead atoms. The smallest absolute Gasteiger partial charge is 0.398 e. The highest BCUT2D eigenvalue weighted by molar-refractivity contribution is 5.68. The van der Waals surface area contributed by atoms with E-state index in [1.807, 2.05) is 0 Å². The van der Waals surface area contributed by atoms with Crippen molar-refractivity contribution in [2.24, 2.45) is 7.05 Å². The molecule has 2 heterocycles. The lowest BCUT2D eigenvalue weighted by molar-refractivity contribution is -0.141. The molecule has 23 heavy (non-hydrogen) atoms. The van der Waals surface area contributed by atoms with Gasteiger partial charge in [-0.15, -0.1) is 0 Å². The van der Waals surface area contributed by atoms with E-state index in [4.69, 9.17) is 10.3 Å². The third-order valence-corrected chi connectivity index (χ3v) is 3.43. The van der Waals surface area contributed by atoms with Crippen molar-refractivity contribution in [1.29, 1.82) is 0 Å². The number of halogens is 3. The van der Waals surface area contributed by atoms with E-state index < -0.39 is 11.9 Å². The molecule has 0 saturated heterocycles. The average Bonchev–Trinajstić information content (AvgIpc) is 3.07. The van der Waals surface area contributed by atoms with E-state index in [0.29, 0.717) is 11.3 Å². The van der Waals surface area contributed by atoms with Gasteiger partial charge in [0.25, 0.3) is 5.89 Å². The van der Waals surface area contributed by atoms with Crippen LogP contribution in [0.15, 0.2) is 28.8 Å². The lowest BCUT2D eigenvalue weighted by Crippen LogP contribution is -2.06. The first kappa shape index (κ1) is 15.1. The standard InChI is InChI=1S/C14H12F3N5O/c1-7-8(4-3-5-9(7)18)12-19-13(23-21-12)10-6-11(14(15,16)17)20-22(10)2/h3-6H,18H2,1-2H3. The highest BCUT2D eigenvalue weighted by Gasteiger charge is 2.35. The van der Waals surface area contributed by atoms with Crippen molar-refractivity contribution in [3.8, 4) is 23.0 Å². The molecule has 0 spiro atoms. The molecule has 0 saturated carbocycles. The van der Waals surface area contributed by atoms with E-state index in [2.05, 4.69) is 15.2 Å². The van der Waals surface area contributed by atoms with Crippen LogP contribution in [-0.4, -0.2) is 19.9 Å². The normalized spacial score (nSPS) is 11.9. The topological polar surface area (TPSA) is 82.8 Å². The summed E-state index contributed by atoms with van der Waals surface area (Å²) in [7, 11) is 1.38. The SMILES string of the molecule is Cc1c(N)cccc1-c1noc(-c2cc(C(F)(F)F)nn2C)n1. The second kappa shape index (κ2) is 5.11. The number of alkyl halides is 3. The van der Waals surface area contributed by atoms with Gasteiger partial charge in [-0.25, -0.2) is 0 Å². The number of aromatic nitrogens is 4. The monoisotopic (exact) mass is 323 g/mol. The summed E-state index contributed by atoms with van der Waals surface area (Å²) >= 11 is 0. The molecule has 9 heteroatoms. The minimum absolute atomic E-state index is 0.0488. The van der Waals surface area contributed by atoms with Gasteiger partial charge in [0.1, 0.15) is 5.69 Å². The summed E-state index contributed by atoms with van der Waals surface area (Å²) < 4.78 is 44.2. The van der Waals surface area contributed by atoms with Crippen LogP contribution >= 0.6 is 0 Å². The summed E-state index contributed by atoms with van der Waals surface area (Å²) in [6.07, 6.45) is -4.54. The molecule has 6 nitrogen and oxygen atoms in total. The minimum Gasteiger partial charge on any atom is -0.398 e. The zero-order valence-electron chi connectivity index (χ0n) is 12.2. The van der Waals surface area contributed by atoms with Gasteiger partial charge in [-0.1, -0.05) is 17.3 Å². The summed E-state index contributed by atoms with van der Waals surface area (Å²) in [4.78, 5) is 4.15. The Balaban J connectivity index is 2.03. The van der Waals surface area contributed by atoms with Crippen LogP contribution in [0.1, 0.15) is 11.3 Å². The number of hydrogen-bond donors (Lipinski definition) is 1. The van der Waals surface area contributed by atoms with Crippen LogP contribution in [0.25, 0.3) is 23.0 Å². The molecule has 0 unspecified atom stereocenters. The molecule has 0 aliphatic rings. The van der Waals surface area contributed by atoms with Crippen molar-refractivity contribution in [2.75, 3.05) is 5.73 Å². The Bertz CT molecular complexity index is 866. The largest absolute Gasteiger partial charge is 0.435 e. The zero-order valence-corrected chi connectivity index (χ0v) is 12.2. The maximum absolute atomic E-state index is 12.7. The minimum atomic E-state index is -4.54. The van der Waals surface area contributed by atoms with Gasteiger partial charge in [0.2, 0.25) is 5.82 Å². The lowest BCUT2D eigenvalue weighted by Gasteiger charge is -2.03. The molecule has 0 aliphatic heterocycles. The Morgan fingerprint density at radius 3 is 2.65 bits per heavy atom. The molecule has 2 N–H and O–H groups in total. The van der Waals surface area contributed by atoms with Gasteiger partial charge in [-0.2, -0.15) is 23.3 Å². The summed E-state index contributed by atoms with van der Waals surface area (Å²) in [5, 5.41) is 7.23. The lowest BCUT2D eigenvalue weighted by atomic mass is 10.1. The summed E-state index contributed by atoms with van der Waals surface area (Å²) in [6, 6.07) is 6.09. The molecule has 2 aromatic heterocycles. The van der Waals surface area contributed by atoms with Gasteiger partial charge in [-0.05, 0) is 18.6 Å². The molecule has 120 valence electrons. The fraction of sp³-hybridized carbons (Fsp3) is 0.214. The average molecular weight is 323 g/mol. The highest BCUT2D eigenvalue weighted by atomic mass is 19.4. The van der Waals surface area contributed by atoms with E-state index in [9.17, 15) is 13.2 Å². The molecule has 0 atom stereocenters. The second-order valence-electron chi connectivity index (χ2n) is 4.98. The van der Waals surface area contributed by atoms with Crippen LogP contribution in [0.4, 0.5) is 18.9 Å². The van der Waals surface area contributed by atoms with Crippen molar-refractivity contribution >= 4 is 5.69 Å². The van der Waals surface area contributed by atoms with Gasteiger partial charge in [0.15, 0.2) is 5.69 Å². The fourth-order valence-electron chi connectivity index (χ4n) is 2.14. The van der Waals surface area contributed by atoms with Gasteiger partial charge in [0.05, 0.1) is 0 Å². The van der Waals surface area contributed by atoms with Crippen LogP contribution in [0, 0.1) is 6.92 Å². The molecule has 0 aliphatic carbocycles. The van der Waals surface area contributed by atoms with Gasteiger partial charge in [0, 0.05) is 24.4 Å². The molecular formula is C14H12F3N5O. The number of nitrogens with zero attached hydrogens (tertiary/aromatic N) is 4. The molecular weight excluding hydrogens is 311 g/mol. The number of hydrogen-bond acceptors (Lipinski definition) is 5. The number of anilines is 1. The maximum atomic E-state index is 12.7. The number of rotatable bonds is 2. The van der Waals surface area contributed by atoms with E-state index in [0.717, 1.165) is 16.3 Å². The van der Waals surface area contributed by atoms with Crippen LogP contribution < -0.4 is 5.73 Å². The Morgan fingerprint density at radius 1 is 1.26 bits per heavy atom. The Labute approximate surface area is 128 Å². The number of nitrogens with two attached hydrogens (primary N) is 1. The van der Waals surface area contributed by atoms with Crippen molar-refractivity contribution < 1.29 is 17.7 Å². The summed E-state index contributed by atoms with van der Waals surface area (Å²) in [5.74, 6) is 0.201. The summed E-state index contributed by atoms with van der Waals surface area (Å²) in [5.41, 5.74) is 6.87. The Hall–Kier alpha value is -2.84. The van der Waals surface area contributed by atoms with Gasteiger partial charge >= 0.3 is 6.18 Å². The first-order chi connectivity index (χ1) is 10.8. The third-order valence-electron chi connectivity index (χ3n) is 3.43. The van der Waals surface area contributed by atoms with E-state index >= 15 is 0 Å². The number of benzene rings is 1. The van der Waals surface area contributed by atoms with Gasteiger partial charge in [-0.3, -0.25) is 4.68 Å². The Morgan fingerprint density at radius 2 is 2.00 bits per heavy atom. The predicted molar refractivity (Wildman–Crippen MR) is 76.1 cm³/mol. The fourth-order valence-corrected chi connectivity index (χ4v) is 2.14. The van der Waals surface area contributed by atoms with Crippen LogP contribution in [-0.2, 0) is 13.2 Å². The van der Waals surface area contributed by atoms with E-state index in [1.54, 1.807) is 25.1 Å². The molecule has 0 amide bonds. The maximum Gasteiger partial charge on any atom is 0.435 e. The third kappa shape index (κ3) is 2.65.